The van der Waals surface area contributed by atoms with Gasteiger partial charge in [0.05, 0.1) is 16.8 Å². The summed E-state index contributed by atoms with van der Waals surface area (Å²) in [6, 6.07) is 29.8. The quantitative estimate of drug-likeness (QED) is 0.194. The lowest BCUT2D eigenvalue weighted by atomic mass is 9.38. The zero-order valence-corrected chi connectivity index (χ0v) is 26.9. The van der Waals surface area contributed by atoms with Crippen LogP contribution in [0, 0.1) is 5.92 Å². The molecular weight excluding hydrogens is 533 g/mol. The van der Waals surface area contributed by atoms with Crippen molar-refractivity contribution in [2.75, 3.05) is 4.90 Å². The number of allylic oxidation sites excluding steroid dienone is 4. The van der Waals surface area contributed by atoms with Gasteiger partial charge in [0, 0.05) is 22.7 Å². The molecule has 0 bridgehead atoms. The van der Waals surface area contributed by atoms with E-state index in [0.717, 1.165) is 17.7 Å². The summed E-state index contributed by atoms with van der Waals surface area (Å²) in [5.41, 5.74) is 16.5. The molecule has 1 aromatic heterocycles. The molecule has 0 saturated carbocycles. The number of fused-ring (bicyclic) bond motifs is 7. The van der Waals surface area contributed by atoms with E-state index in [1.807, 2.05) is 0 Å². The van der Waals surface area contributed by atoms with Crippen molar-refractivity contribution in [2.45, 2.75) is 65.7 Å². The molecule has 8 rings (SSSR count). The van der Waals surface area contributed by atoms with Crippen molar-refractivity contribution in [3.8, 4) is 5.69 Å². The number of rotatable bonds is 2. The number of hydrogen-bond acceptors (Lipinski definition) is 2. The molecule has 0 amide bonds. The molecule has 4 heteroatoms. The molecule has 1 aliphatic carbocycles. The highest BCUT2D eigenvalue weighted by molar-refractivity contribution is 6.99. The Morgan fingerprint density at radius 3 is 2.25 bits per heavy atom. The van der Waals surface area contributed by atoms with Crippen LogP contribution < -0.4 is 21.5 Å². The molecule has 1 unspecified atom stereocenters. The second-order valence-electron chi connectivity index (χ2n) is 15.0. The Bertz CT molecular complexity index is 2030. The van der Waals surface area contributed by atoms with Gasteiger partial charge in [0.1, 0.15) is 0 Å². The lowest BCUT2D eigenvalue weighted by Gasteiger charge is -2.37. The molecule has 0 N–H and O–H groups in total. The highest BCUT2D eigenvalue weighted by Gasteiger charge is 2.46. The van der Waals surface area contributed by atoms with Gasteiger partial charge in [-0.15, -0.1) is 0 Å². The lowest BCUT2D eigenvalue weighted by molar-refractivity contribution is 0.590. The van der Waals surface area contributed by atoms with Gasteiger partial charge in [0.25, 0.3) is 6.71 Å². The van der Waals surface area contributed by atoms with Crippen molar-refractivity contribution in [3.05, 3.63) is 114 Å². The van der Waals surface area contributed by atoms with Crippen LogP contribution in [0.4, 0.5) is 17.1 Å². The first-order valence-electron chi connectivity index (χ1n) is 16.1. The first kappa shape index (κ1) is 27.3. The van der Waals surface area contributed by atoms with Gasteiger partial charge < -0.3 is 9.47 Å². The first-order chi connectivity index (χ1) is 21.0. The largest absolute Gasteiger partial charge is 0.311 e. The third-order valence-electron chi connectivity index (χ3n) is 9.94. The molecule has 0 fully saturated rings. The van der Waals surface area contributed by atoms with Gasteiger partial charge in [-0.2, -0.15) is 0 Å². The maximum absolute atomic E-state index is 5.43. The Balaban J connectivity index is 1.47. The molecule has 0 saturated heterocycles. The van der Waals surface area contributed by atoms with Crippen LogP contribution in [-0.2, 0) is 10.8 Å². The molecule has 44 heavy (non-hydrogen) atoms. The smallest absolute Gasteiger partial charge is 0.294 e. The van der Waals surface area contributed by atoms with Gasteiger partial charge in [0.15, 0.2) is 0 Å². The maximum Gasteiger partial charge on any atom is 0.294 e. The second kappa shape index (κ2) is 9.35. The third kappa shape index (κ3) is 4.00. The summed E-state index contributed by atoms with van der Waals surface area (Å²) >= 11 is 0. The first-order valence-corrected chi connectivity index (χ1v) is 16.1. The Hall–Kier alpha value is -4.31. The number of nitrogens with zero attached hydrogens (tertiary/aromatic N) is 3. The predicted octanol–water partition coefficient (Wildman–Crippen LogP) is 8.21. The molecule has 0 spiro atoms. The van der Waals surface area contributed by atoms with E-state index in [1.54, 1.807) is 0 Å². The average molecular weight is 574 g/mol. The standard InChI is InChI=1S/C40H40BN3/c1-25-13-11-12-16-30(25)26-17-19-32-34(21-26)44-36-24-28(40(5,6)7)23-35-37(36)41(38(44)42-32)31-22-27(39(2,3)4)18-20-33(31)43(35)29-14-9-8-10-15-29/h8-12,14-25H,13H2,1-7H3. The number of para-hydroxylation sites is 1. The summed E-state index contributed by atoms with van der Waals surface area (Å²) in [5, 5.41) is 0. The Morgan fingerprint density at radius 1 is 0.773 bits per heavy atom. The van der Waals surface area contributed by atoms with Crippen LogP contribution in [0.25, 0.3) is 22.3 Å². The normalized spacial score (nSPS) is 17.1. The fourth-order valence-corrected chi connectivity index (χ4v) is 7.43. The van der Waals surface area contributed by atoms with Gasteiger partial charge in [-0.05, 0) is 98.8 Å². The highest BCUT2D eigenvalue weighted by Crippen LogP contribution is 2.42. The Morgan fingerprint density at radius 2 is 1.52 bits per heavy atom. The van der Waals surface area contributed by atoms with E-state index in [-0.39, 0.29) is 17.5 Å². The zero-order chi connectivity index (χ0) is 30.5. The second-order valence-corrected chi connectivity index (χ2v) is 15.0. The van der Waals surface area contributed by atoms with Gasteiger partial charge in [0.2, 0.25) is 0 Å². The Labute approximate surface area is 262 Å². The van der Waals surface area contributed by atoms with Crippen LogP contribution in [0.3, 0.4) is 0 Å². The van der Waals surface area contributed by atoms with Crippen LogP contribution in [0.2, 0.25) is 0 Å². The summed E-state index contributed by atoms with van der Waals surface area (Å²) < 4.78 is 2.49. The summed E-state index contributed by atoms with van der Waals surface area (Å²) in [6.07, 6.45) is 7.86. The van der Waals surface area contributed by atoms with Gasteiger partial charge in [-0.25, -0.2) is 4.98 Å². The molecule has 3 nitrogen and oxygen atoms in total. The minimum atomic E-state index is -0.0152. The maximum atomic E-state index is 5.43. The fourth-order valence-electron chi connectivity index (χ4n) is 7.43. The Kier molecular flexibility index (Phi) is 5.79. The molecule has 2 aliphatic heterocycles. The molecule has 218 valence electrons. The summed E-state index contributed by atoms with van der Waals surface area (Å²) in [5.74, 6) is 0.502. The molecule has 1 atom stereocenters. The van der Waals surface area contributed by atoms with E-state index < -0.39 is 0 Å². The number of anilines is 3. The van der Waals surface area contributed by atoms with Crippen molar-refractivity contribution < 1.29 is 0 Å². The van der Waals surface area contributed by atoms with Gasteiger partial charge in [-0.1, -0.05) is 103 Å². The average Bonchev–Trinajstić information content (AvgIpc) is 3.52. The summed E-state index contributed by atoms with van der Waals surface area (Å²) in [4.78, 5) is 7.93. The minimum absolute atomic E-state index is 0.0152. The topological polar surface area (TPSA) is 21.1 Å². The third-order valence-corrected chi connectivity index (χ3v) is 9.94. The number of aromatic nitrogens is 2. The number of benzene rings is 4. The molecule has 5 aromatic rings. The number of hydrogen-bond donors (Lipinski definition) is 0. The van der Waals surface area contributed by atoms with E-state index in [2.05, 4.69) is 155 Å². The van der Waals surface area contributed by atoms with Gasteiger partial charge in [-0.3, -0.25) is 0 Å². The molecule has 0 radical (unpaired) electrons. The summed E-state index contributed by atoms with van der Waals surface area (Å²) in [6.45, 7) is 16.3. The van der Waals surface area contributed by atoms with Crippen molar-refractivity contribution in [1.82, 2.24) is 9.55 Å². The van der Waals surface area contributed by atoms with Crippen LogP contribution in [-0.4, -0.2) is 16.3 Å². The van der Waals surface area contributed by atoms with E-state index in [0.29, 0.717) is 5.92 Å². The van der Waals surface area contributed by atoms with Crippen molar-refractivity contribution in [2.24, 2.45) is 5.92 Å². The van der Waals surface area contributed by atoms with E-state index in [9.17, 15) is 0 Å². The predicted molar refractivity (Wildman–Crippen MR) is 189 cm³/mol. The van der Waals surface area contributed by atoms with Gasteiger partial charge >= 0.3 is 0 Å². The van der Waals surface area contributed by atoms with Crippen molar-refractivity contribution >= 4 is 57.0 Å². The lowest BCUT2D eigenvalue weighted by Crippen LogP contribution is -2.56. The minimum Gasteiger partial charge on any atom is -0.311 e. The number of imidazole rings is 1. The molecule has 3 aliphatic rings. The van der Waals surface area contributed by atoms with Crippen LogP contribution in [0.15, 0.2) is 97.1 Å². The van der Waals surface area contributed by atoms with Crippen molar-refractivity contribution in [3.63, 3.8) is 0 Å². The van der Waals surface area contributed by atoms with Crippen LogP contribution in [0.5, 0.6) is 0 Å². The fraction of sp³-hybridized carbons (Fsp3) is 0.275. The van der Waals surface area contributed by atoms with E-state index in [1.165, 1.54) is 61.5 Å². The monoisotopic (exact) mass is 573 g/mol. The van der Waals surface area contributed by atoms with E-state index >= 15 is 0 Å². The van der Waals surface area contributed by atoms with E-state index in [4.69, 9.17) is 4.98 Å². The summed E-state index contributed by atoms with van der Waals surface area (Å²) in [7, 11) is 0. The highest BCUT2D eigenvalue weighted by atomic mass is 15.2. The van der Waals surface area contributed by atoms with Crippen molar-refractivity contribution in [1.29, 1.82) is 0 Å². The SMILES string of the molecule is CC1CC=CC=C1c1ccc2nc3n(c2c1)-c1cc(C(C)(C)C)cc2c1B3c1cc(C(C)(C)C)ccc1N2c1ccccc1. The molecular formula is C40H40BN3. The van der Waals surface area contributed by atoms with Crippen LogP contribution in [0.1, 0.15) is 71.6 Å². The molecule has 3 heterocycles. The zero-order valence-electron chi connectivity index (χ0n) is 26.9. The van der Waals surface area contributed by atoms with Crippen LogP contribution >= 0.6 is 0 Å². The molecule has 4 aromatic carbocycles.